The number of thiophene rings is 1. The first kappa shape index (κ1) is 25.8. The minimum absolute atomic E-state index is 0.0813. The van der Waals surface area contributed by atoms with Gasteiger partial charge in [0.15, 0.2) is 11.6 Å². The van der Waals surface area contributed by atoms with Gasteiger partial charge in [-0.3, -0.25) is 9.59 Å². The number of nitrogens with zero attached hydrogens (tertiary/aromatic N) is 2. The van der Waals surface area contributed by atoms with Gasteiger partial charge in [0, 0.05) is 37.2 Å². The maximum Gasteiger partial charge on any atom is 0.254 e. The van der Waals surface area contributed by atoms with Gasteiger partial charge in [-0.15, -0.1) is 11.3 Å². The van der Waals surface area contributed by atoms with Crippen molar-refractivity contribution in [2.24, 2.45) is 0 Å². The van der Waals surface area contributed by atoms with E-state index in [1.807, 2.05) is 11.4 Å². The standard InChI is InChI=1S/C27H28F2N2O4S/c1-34-14-5-12-30(27(33)19-6-4-7-20(28)16-19)17-26(32)31-13-10-25-21(11-15-36-25)23(31)18-35-24-9-3-2-8-22(24)29/h2-4,6-9,11,15-16,23H,5,10,12-14,17-18H2,1H3/t23-/m0/s1. The summed E-state index contributed by atoms with van der Waals surface area (Å²) in [5, 5.41) is 1.97. The minimum Gasteiger partial charge on any atom is -0.488 e. The van der Waals surface area contributed by atoms with Crippen molar-refractivity contribution < 1.29 is 27.8 Å². The molecule has 3 aromatic rings. The highest BCUT2D eigenvalue weighted by molar-refractivity contribution is 7.10. The van der Waals surface area contributed by atoms with Gasteiger partial charge in [-0.2, -0.15) is 0 Å². The van der Waals surface area contributed by atoms with Gasteiger partial charge in [-0.05, 0) is 60.2 Å². The third-order valence-corrected chi connectivity index (χ3v) is 7.11. The average molecular weight is 515 g/mol. The molecule has 0 radical (unpaired) electrons. The van der Waals surface area contributed by atoms with Crippen LogP contribution in [0, 0.1) is 11.6 Å². The molecule has 0 bridgehead atoms. The molecule has 36 heavy (non-hydrogen) atoms. The molecule has 1 aliphatic heterocycles. The number of benzene rings is 2. The zero-order valence-corrected chi connectivity index (χ0v) is 20.8. The molecule has 1 aliphatic rings. The topological polar surface area (TPSA) is 59.1 Å². The monoisotopic (exact) mass is 514 g/mol. The van der Waals surface area contributed by atoms with Crippen LogP contribution < -0.4 is 4.74 Å². The molecular formula is C27H28F2N2O4S. The summed E-state index contributed by atoms with van der Waals surface area (Å²) in [6.45, 7) is 1.06. The minimum atomic E-state index is -0.518. The second-order valence-electron chi connectivity index (χ2n) is 8.48. The summed E-state index contributed by atoms with van der Waals surface area (Å²) in [7, 11) is 1.57. The summed E-state index contributed by atoms with van der Waals surface area (Å²) in [5.41, 5.74) is 1.15. The van der Waals surface area contributed by atoms with E-state index < -0.39 is 23.6 Å². The molecule has 4 rings (SSSR count). The van der Waals surface area contributed by atoms with Crippen LogP contribution in [0.2, 0.25) is 0 Å². The van der Waals surface area contributed by atoms with Crippen LogP contribution in [0.25, 0.3) is 0 Å². The lowest BCUT2D eigenvalue weighted by atomic mass is 10.0. The SMILES string of the molecule is COCCCN(CC(=O)N1CCc2sccc2[C@@H]1COc1ccccc1F)C(=O)c1cccc(F)c1. The average Bonchev–Trinajstić information content (AvgIpc) is 3.36. The quantitative estimate of drug-likeness (QED) is 0.368. The van der Waals surface area contributed by atoms with Crippen LogP contribution in [0.3, 0.4) is 0 Å². The molecule has 0 spiro atoms. The number of fused-ring (bicyclic) bond motifs is 1. The van der Waals surface area contributed by atoms with Gasteiger partial charge in [0.25, 0.3) is 5.91 Å². The lowest BCUT2D eigenvalue weighted by Crippen LogP contribution is -2.48. The van der Waals surface area contributed by atoms with E-state index >= 15 is 0 Å². The van der Waals surface area contributed by atoms with Crippen molar-refractivity contribution in [2.45, 2.75) is 18.9 Å². The molecule has 0 saturated carbocycles. The van der Waals surface area contributed by atoms with E-state index in [0.717, 1.165) is 10.4 Å². The molecule has 0 unspecified atom stereocenters. The van der Waals surface area contributed by atoms with Gasteiger partial charge in [-0.1, -0.05) is 18.2 Å². The number of hydrogen-bond donors (Lipinski definition) is 0. The Morgan fingerprint density at radius 2 is 1.97 bits per heavy atom. The third kappa shape index (κ3) is 6.09. The largest absolute Gasteiger partial charge is 0.488 e. The first-order chi connectivity index (χ1) is 17.5. The van der Waals surface area contributed by atoms with Crippen LogP contribution in [0.1, 0.15) is 33.3 Å². The molecule has 9 heteroatoms. The fourth-order valence-corrected chi connectivity index (χ4v) is 5.24. The lowest BCUT2D eigenvalue weighted by Gasteiger charge is -2.37. The Morgan fingerprint density at radius 1 is 1.14 bits per heavy atom. The summed E-state index contributed by atoms with van der Waals surface area (Å²) in [6, 6.07) is 13.1. The van der Waals surface area contributed by atoms with Crippen molar-refractivity contribution in [3.8, 4) is 5.75 Å². The number of hydrogen-bond acceptors (Lipinski definition) is 5. The number of halogens is 2. The van der Waals surface area contributed by atoms with Gasteiger partial charge in [0.1, 0.15) is 19.0 Å². The fraction of sp³-hybridized carbons (Fsp3) is 0.333. The Morgan fingerprint density at radius 3 is 2.75 bits per heavy atom. The van der Waals surface area contributed by atoms with E-state index in [-0.39, 0.29) is 36.9 Å². The van der Waals surface area contributed by atoms with Gasteiger partial charge in [0.2, 0.25) is 5.91 Å². The Labute approximate surface area is 213 Å². The Balaban J connectivity index is 1.53. The zero-order chi connectivity index (χ0) is 25.5. The Hall–Kier alpha value is -3.30. The van der Waals surface area contributed by atoms with E-state index in [1.165, 1.54) is 35.2 Å². The molecule has 0 aliphatic carbocycles. The molecule has 6 nitrogen and oxygen atoms in total. The molecule has 2 aromatic carbocycles. The summed E-state index contributed by atoms with van der Waals surface area (Å²) in [4.78, 5) is 31.0. The number of carbonyl (C=O) groups excluding carboxylic acids is 2. The van der Waals surface area contributed by atoms with Crippen LogP contribution in [0.15, 0.2) is 60.0 Å². The van der Waals surface area contributed by atoms with Crippen molar-refractivity contribution in [2.75, 3.05) is 40.0 Å². The second kappa shape index (κ2) is 12.1. The van der Waals surface area contributed by atoms with Crippen LogP contribution in [0.4, 0.5) is 8.78 Å². The normalized spacial score (nSPS) is 14.9. The number of amides is 2. The van der Waals surface area contributed by atoms with Crippen molar-refractivity contribution in [3.05, 3.63) is 87.6 Å². The lowest BCUT2D eigenvalue weighted by molar-refractivity contribution is -0.135. The molecule has 0 fully saturated rings. The van der Waals surface area contributed by atoms with Gasteiger partial charge in [0.05, 0.1) is 6.04 Å². The van der Waals surface area contributed by atoms with E-state index in [1.54, 1.807) is 41.5 Å². The number of rotatable bonds is 10. The number of para-hydroxylation sites is 1. The maximum absolute atomic E-state index is 14.1. The van der Waals surface area contributed by atoms with Crippen molar-refractivity contribution in [3.63, 3.8) is 0 Å². The second-order valence-corrected chi connectivity index (χ2v) is 9.48. The summed E-state index contributed by atoms with van der Waals surface area (Å²) in [5.74, 6) is -1.55. The number of ether oxygens (including phenoxy) is 2. The molecule has 1 atom stereocenters. The molecule has 1 aromatic heterocycles. The predicted molar refractivity (Wildman–Crippen MR) is 133 cm³/mol. The van der Waals surface area contributed by atoms with E-state index in [9.17, 15) is 18.4 Å². The zero-order valence-electron chi connectivity index (χ0n) is 20.0. The van der Waals surface area contributed by atoms with Crippen molar-refractivity contribution in [1.82, 2.24) is 9.80 Å². The summed E-state index contributed by atoms with van der Waals surface area (Å²) >= 11 is 1.62. The number of methoxy groups -OCH3 is 1. The first-order valence-electron chi connectivity index (χ1n) is 11.7. The molecular weight excluding hydrogens is 486 g/mol. The van der Waals surface area contributed by atoms with Crippen LogP contribution in [-0.4, -0.2) is 61.6 Å². The molecule has 2 amide bonds. The highest BCUT2D eigenvalue weighted by atomic mass is 32.1. The van der Waals surface area contributed by atoms with Crippen molar-refractivity contribution in [1.29, 1.82) is 0 Å². The molecule has 190 valence electrons. The molecule has 2 heterocycles. The van der Waals surface area contributed by atoms with Crippen molar-refractivity contribution >= 4 is 23.2 Å². The van der Waals surface area contributed by atoms with Gasteiger partial charge < -0.3 is 19.3 Å². The van der Waals surface area contributed by atoms with E-state index in [2.05, 4.69) is 0 Å². The number of carbonyl (C=O) groups is 2. The third-order valence-electron chi connectivity index (χ3n) is 6.11. The van der Waals surface area contributed by atoms with Crippen LogP contribution in [-0.2, 0) is 16.0 Å². The Kier molecular flexibility index (Phi) is 8.66. The van der Waals surface area contributed by atoms with Gasteiger partial charge in [-0.25, -0.2) is 8.78 Å². The van der Waals surface area contributed by atoms with Gasteiger partial charge >= 0.3 is 0 Å². The highest BCUT2D eigenvalue weighted by Crippen LogP contribution is 2.34. The van der Waals surface area contributed by atoms with E-state index in [4.69, 9.17) is 9.47 Å². The van der Waals surface area contributed by atoms with E-state index in [0.29, 0.717) is 26.0 Å². The predicted octanol–water partition coefficient (Wildman–Crippen LogP) is 4.71. The smallest absolute Gasteiger partial charge is 0.254 e. The Bertz CT molecular complexity index is 1200. The molecule has 0 saturated heterocycles. The first-order valence-corrected chi connectivity index (χ1v) is 12.6. The highest BCUT2D eigenvalue weighted by Gasteiger charge is 2.33. The molecule has 0 N–H and O–H groups in total. The fourth-order valence-electron chi connectivity index (χ4n) is 4.32. The summed E-state index contributed by atoms with van der Waals surface area (Å²) in [6.07, 6.45) is 1.22. The maximum atomic E-state index is 14.1. The van der Waals surface area contributed by atoms with Crippen LogP contribution in [0.5, 0.6) is 5.75 Å². The van der Waals surface area contributed by atoms with Crippen LogP contribution >= 0.6 is 11.3 Å². The summed E-state index contributed by atoms with van der Waals surface area (Å²) < 4.78 is 38.8.